The molecule has 3 N–H and O–H groups in total. The van der Waals surface area contributed by atoms with Crippen LogP contribution in [0, 0.1) is 13.8 Å². The monoisotopic (exact) mass is 340 g/mol. The van der Waals surface area contributed by atoms with Gasteiger partial charge in [-0.1, -0.05) is 6.07 Å². The summed E-state index contributed by atoms with van der Waals surface area (Å²) in [5, 5.41) is 6.04. The van der Waals surface area contributed by atoms with Crippen LogP contribution in [0.5, 0.6) is 0 Å². The summed E-state index contributed by atoms with van der Waals surface area (Å²) < 4.78 is 0. The lowest BCUT2D eigenvalue weighted by Crippen LogP contribution is -2.55. The zero-order chi connectivity index (χ0) is 17.8. The minimum Gasteiger partial charge on any atom is -0.351 e. The van der Waals surface area contributed by atoms with Crippen LogP contribution in [0.2, 0.25) is 0 Å². The number of fused-ring (bicyclic) bond motifs is 1. The number of benzene rings is 1. The number of hydrogen-bond acceptors (Lipinski definition) is 3. The van der Waals surface area contributed by atoms with Crippen molar-refractivity contribution >= 4 is 28.7 Å². The molecule has 3 heterocycles. The number of piperidine rings is 1. The first kappa shape index (κ1) is 15.7. The molecule has 2 aliphatic heterocycles. The topological polar surface area (TPSA) is 94.3 Å². The number of carbonyl (C=O) groups excluding carboxylic acids is 3. The van der Waals surface area contributed by atoms with Crippen LogP contribution in [0.1, 0.15) is 34.5 Å². The molecule has 4 rings (SSSR count). The summed E-state index contributed by atoms with van der Waals surface area (Å²) in [4.78, 5) is 41.1. The number of H-pyrrole nitrogens is 1. The van der Waals surface area contributed by atoms with Crippen LogP contribution in [0.25, 0.3) is 10.9 Å². The largest absolute Gasteiger partial charge is 0.351 e. The lowest BCUT2D eigenvalue weighted by atomic mass is 9.87. The molecule has 0 radical (unpaired) electrons. The number of amides is 4. The summed E-state index contributed by atoms with van der Waals surface area (Å²) in [6, 6.07) is 5.56. The highest BCUT2D eigenvalue weighted by Crippen LogP contribution is 2.27. The standard InChI is InChI=1S/C18H20N4O3/c1-10-7-11(2)12-9-14(19-13(12)8-10)15(23)22-5-3-18(4-6-22)16(24)20-17(25)21-18/h7-9,19H,3-6H2,1-2H3,(H2,20,21,24,25). The van der Waals surface area contributed by atoms with Crippen LogP contribution in [-0.4, -0.2) is 46.4 Å². The molecule has 2 saturated heterocycles. The van der Waals surface area contributed by atoms with Gasteiger partial charge in [0.05, 0.1) is 0 Å². The fraction of sp³-hybridized carbons (Fsp3) is 0.389. The van der Waals surface area contributed by atoms with Gasteiger partial charge in [-0.15, -0.1) is 0 Å². The number of likely N-dealkylation sites (tertiary alicyclic amines) is 1. The molecule has 1 aromatic heterocycles. The summed E-state index contributed by atoms with van der Waals surface area (Å²) >= 11 is 0. The van der Waals surface area contributed by atoms with E-state index in [0.29, 0.717) is 31.6 Å². The number of imide groups is 1. The minimum absolute atomic E-state index is 0.0761. The van der Waals surface area contributed by atoms with E-state index >= 15 is 0 Å². The quantitative estimate of drug-likeness (QED) is 0.688. The lowest BCUT2D eigenvalue weighted by molar-refractivity contribution is -0.125. The molecule has 4 amide bonds. The molecule has 2 aromatic rings. The Labute approximate surface area is 144 Å². The SMILES string of the molecule is Cc1cc(C)c2cc(C(=O)N3CCC4(CC3)NC(=O)NC4=O)[nH]c2c1. The van der Waals surface area contributed by atoms with Gasteiger partial charge in [-0.2, -0.15) is 0 Å². The molecular weight excluding hydrogens is 320 g/mol. The molecule has 1 aromatic carbocycles. The highest BCUT2D eigenvalue weighted by molar-refractivity contribution is 6.07. The van der Waals surface area contributed by atoms with Gasteiger partial charge in [0.2, 0.25) is 0 Å². The van der Waals surface area contributed by atoms with Crippen LogP contribution in [-0.2, 0) is 4.79 Å². The van der Waals surface area contributed by atoms with Gasteiger partial charge < -0.3 is 15.2 Å². The van der Waals surface area contributed by atoms with Gasteiger partial charge in [0.25, 0.3) is 11.8 Å². The molecule has 2 fully saturated rings. The Balaban J connectivity index is 1.54. The van der Waals surface area contributed by atoms with E-state index < -0.39 is 11.6 Å². The van der Waals surface area contributed by atoms with Crippen molar-refractivity contribution in [2.24, 2.45) is 0 Å². The molecule has 130 valence electrons. The number of aromatic nitrogens is 1. The lowest BCUT2D eigenvalue weighted by Gasteiger charge is -2.36. The second-order valence-corrected chi connectivity index (χ2v) is 7.01. The fourth-order valence-electron chi connectivity index (χ4n) is 3.86. The third kappa shape index (κ3) is 2.47. The van der Waals surface area contributed by atoms with E-state index in [1.54, 1.807) is 4.90 Å². The maximum Gasteiger partial charge on any atom is 0.322 e. The highest BCUT2D eigenvalue weighted by atomic mass is 16.2. The average molecular weight is 340 g/mol. The van der Waals surface area contributed by atoms with E-state index in [1.165, 1.54) is 0 Å². The third-order valence-corrected chi connectivity index (χ3v) is 5.24. The zero-order valence-electron chi connectivity index (χ0n) is 14.2. The Morgan fingerprint density at radius 2 is 1.84 bits per heavy atom. The van der Waals surface area contributed by atoms with Crippen molar-refractivity contribution in [3.8, 4) is 0 Å². The van der Waals surface area contributed by atoms with Gasteiger partial charge in [-0.05, 0) is 49.9 Å². The number of nitrogens with one attached hydrogen (secondary N) is 3. The molecular formula is C18H20N4O3. The second-order valence-electron chi connectivity index (χ2n) is 7.01. The van der Waals surface area contributed by atoms with E-state index in [0.717, 1.165) is 22.0 Å². The molecule has 0 saturated carbocycles. The zero-order valence-corrected chi connectivity index (χ0v) is 14.2. The molecule has 25 heavy (non-hydrogen) atoms. The van der Waals surface area contributed by atoms with Crippen molar-refractivity contribution in [2.75, 3.05) is 13.1 Å². The van der Waals surface area contributed by atoms with Crippen LogP contribution >= 0.6 is 0 Å². The van der Waals surface area contributed by atoms with Crippen LogP contribution in [0.3, 0.4) is 0 Å². The van der Waals surface area contributed by atoms with E-state index in [2.05, 4.69) is 21.7 Å². The number of urea groups is 1. The maximum absolute atomic E-state index is 12.8. The maximum atomic E-state index is 12.8. The summed E-state index contributed by atoms with van der Waals surface area (Å²) in [6.07, 6.45) is 0.851. The van der Waals surface area contributed by atoms with Gasteiger partial charge in [0.1, 0.15) is 11.2 Å². The summed E-state index contributed by atoms with van der Waals surface area (Å²) in [5.74, 6) is -0.367. The average Bonchev–Trinajstić information content (AvgIpc) is 3.09. The molecule has 0 aliphatic carbocycles. The predicted octanol–water partition coefficient (Wildman–Crippen LogP) is 1.60. The molecule has 0 bridgehead atoms. The first-order valence-corrected chi connectivity index (χ1v) is 8.41. The van der Waals surface area contributed by atoms with E-state index in [1.807, 2.05) is 26.0 Å². The molecule has 0 atom stereocenters. The Morgan fingerprint density at radius 1 is 1.12 bits per heavy atom. The molecule has 0 unspecified atom stereocenters. The van der Waals surface area contributed by atoms with Crippen molar-refractivity contribution < 1.29 is 14.4 Å². The molecule has 7 heteroatoms. The van der Waals surface area contributed by atoms with Crippen molar-refractivity contribution in [1.82, 2.24) is 20.5 Å². The number of aromatic amines is 1. The first-order chi connectivity index (χ1) is 11.9. The number of rotatable bonds is 1. The van der Waals surface area contributed by atoms with Crippen molar-refractivity contribution in [1.29, 1.82) is 0 Å². The highest BCUT2D eigenvalue weighted by Gasteiger charge is 2.48. The van der Waals surface area contributed by atoms with Gasteiger partial charge in [-0.3, -0.25) is 14.9 Å². The first-order valence-electron chi connectivity index (χ1n) is 8.41. The second kappa shape index (κ2) is 5.34. The number of aryl methyl sites for hydroxylation is 2. The smallest absolute Gasteiger partial charge is 0.322 e. The van der Waals surface area contributed by atoms with Crippen LogP contribution < -0.4 is 10.6 Å². The fourth-order valence-corrected chi connectivity index (χ4v) is 3.86. The van der Waals surface area contributed by atoms with Crippen molar-refractivity contribution in [3.05, 3.63) is 35.0 Å². The number of carbonyl (C=O) groups is 3. The van der Waals surface area contributed by atoms with E-state index in [-0.39, 0.29) is 11.8 Å². The van der Waals surface area contributed by atoms with Crippen molar-refractivity contribution in [3.63, 3.8) is 0 Å². The van der Waals surface area contributed by atoms with Crippen LogP contribution in [0.15, 0.2) is 18.2 Å². The number of nitrogens with zero attached hydrogens (tertiary/aromatic N) is 1. The predicted molar refractivity (Wildman–Crippen MR) is 92.3 cm³/mol. The van der Waals surface area contributed by atoms with Gasteiger partial charge in [0.15, 0.2) is 0 Å². The summed E-state index contributed by atoms with van der Waals surface area (Å²) in [5.41, 5.74) is 2.93. The molecule has 7 nitrogen and oxygen atoms in total. The molecule has 2 aliphatic rings. The molecule has 1 spiro atoms. The number of hydrogen-bond donors (Lipinski definition) is 3. The summed E-state index contributed by atoms with van der Waals surface area (Å²) in [7, 11) is 0. The Bertz CT molecular complexity index is 906. The third-order valence-electron chi connectivity index (χ3n) is 5.24. The van der Waals surface area contributed by atoms with E-state index in [4.69, 9.17) is 0 Å². The Hall–Kier alpha value is -2.83. The normalized spacial score (nSPS) is 19.4. The van der Waals surface area contributed by atoms with E-state index in [9.17, 15) is 14.4 Å². The van der Waals surface area contributed by atoms with Gasteiger partial charge in [0, 0.05) is 24.0 Å². The minimum atomic E-state index is -0.859. The van der Waals surface area contributed by atoms with Crippen molar-refractivity contribution in [2.45, 2.75) is 32.2 Å². The van der Waals surface area contributed by atoms with Gasteiger partial charge >= 0.3 is 6.03 Å². The summed E-state index contributed by atoms with van der Waals surface area (Å²) in [6.45, 7) is 4.92. The van der Waals surface area contributed by atoms with Gasteiger partial charge in [-0.25, -0.2) is 4.79 Å². The Morgan fingerprint density at radius 3 is 2.48 bits per heavy atom. The van der Waals surface area contributed by atoms with Crippen LogP contribution in [0.4, 0.5) is 4.79 Å². The Kier molecular flexibility index (Phi) is 3.35.